The number of piperazine rings is 1. The topological polar surface area (TPSA) is 24.5 Å². The number of benzene rings is 1. The standard InChI is InChI=1S/C13H19FN2O/c14-12-3-1-4-13(11-12)17-10-2-7-16-8-5-15-6-9-16/h1,3-4,11,15H,2,5-10H2. The van der Waals surface area contributed by atoms with Crippen LogP contribution >= 0.6 is 0 Å². The number of rotatable bonds is 5. The molecular weight excluding hydrogens is 219 g/mol. The largest absolute Gasteiger partial charge is 0.493 e. The van der Waals surface area contributed by atoms with Crippen LogP contribution in [0.3, 0.4) is 0 Å². The molecule has 1 aromatic rings. The van der Waals surface area contributed by atoms with Crippen molar-refractivity contribution in [2.24, 2.45) is 0 Å². The molecule has 4 heteroatoms. The van der Waals surface area contributed by atoms with Gasteiger partial charge in [-0.3, -0.25) is 0 Å². The monoisotopic (exact) mass is 238 g/mol. The first kappa shape index (κ1) is 12.3. The van der Waals surface area contributed by atoms with Crippen LogP contribution in [0.15, 0.2) is 24.3 Å². The van der Waals surface area contributed by atoms with Crippen molar-refractivity contribution in [2.45, 2.75) is 6.42 Å². The third-order valence-electron chi connectivity index (χ3n) is 2.89. The molecule has 0 atom stereocenters. The molecule has 0 unspecified atom stereocenters. The van der Waals surface area contributed by atoms with Crippen LogP contribution < -0.4 is 10.1 Å². The molecule has 1 aromatic carbocycles. The molecule has 17 heavy (non-hydrogen) atoms. The summed E-state index contributed by atoms with van der Waals surface area (Å²) in [5.41, 5.74) is 0. The van der Waals surface area contributed by atoms with Crippen molar-refractivity contribution in [1.82, 2.24) is 10.2 Å². The van der Waals surface area contributed by atoms with Gasteiger partial charge < -0.3 is 15.0 Å². The lowest BCUT2D eigenvalue weighted by molar-refractivity contribution is 0.213. The third-order valence-corrected chi connectivity index (χ3v) is 2.89. The predicted octanol–water partition coefficient (Wildman–Crippen LogP) is 1.50. The molecule has 1 saturated heterocycles. The minimum atomic E-state index is -0.246. The van der Waals surface area contributed by atoms with Crippen molar-refractivity contribution in [3.05, 3.63) is 30.1 Å². The number of halogens is 1. The van der Waals surface area contributed by atoms with E-state index in [0.717, 1.165) is 39.1 Å². The van der Waals surface area contributed by atoms with Crippen molar-refractivity contribution in [3.8, 4) is 5.75 Å². The number of nitrogens with zero attached hydrogens (tertiary/aromatic N) is 1. The van der Waals surface area contributed by atoms with Crippen LogP contribution in [-0.4, -0.2) is 44.2 Å². The number of ether oxygens (including phenoxy) is 1. The van der Waals surface area contributed by atoms with Gasteiger partial charge in [0.1, 0.15) is 11.6 Å². The fraction of sp³-hybridized carbons (Fsp3) is 0.538. The van der Waals surface area contributed by atoms with E-state index in [9.17, 15) is 4.39 Å². The Labute approximate surface area is 102 Å². The van der Waals surface area contributed by atoms with E-state index in [2.05, 4.69) is 10.2 Å². The van der Waals surface area contributed by atoms with Gasteiger partial charge in [0, 0.05) is 38.8 Å². The zero-order chi connectivity index (χ0) is 11.9. The molecule has 3 nitrogen and oxygen atoms in total. The van der Waals surface area contributed by atoms with Crippen LogP contribution in [0.4, 0.5) is 4.39 Å². The molecule has 0 radical (unpaired) electrons. The minimum absolute atomic E-state index is 0.246. The van der Waals surface area contributed by atoms with Gasteiger partial charge in [-0.25, -0.2) is 4.39 Å². The summed E-state index contributed by atoms with van der Waals surface area (Å²) in [5.74, 6) is 0.370. The van der Waals surface area contributed by atoms with E-state index < -0.39 is 0 Å². The Morgan fingerprint density at radius 2 is 2.12 bits per heavy atom. The summed E-state index contributed by atoms with van der Waals surface area (Å²) in [6.45, 7) is 6.07. The Balaban J connectivity index is 1.62. The SMILES string of the molecule is Fc1cccc(OCCCN2CCNCC2)c1. The van der Waals surface area contributed by atoms with Gasteiger partial charge in [0.15, 0.2) is 0 Å². The van der Waals surface area contributed by atoms with Crippen molar-refractivity contribution in [3.63, 3.8) is 0 Å². The van der Waals surface area contributed by atoms with E-state index in [0.29, 0.717) is 12.4 Å². The molecule has 1 aliphatic heterocycles. The van der Waals surface area contributed by atoms with Crippen molar-refractivity contribution in [1.29, 1.82) is 0 Å². The Bertz CT molecular complexity index is 340. The molecule has 0 spiro atoms. The lowest BCUT2D eigenvalue weighted by Crippen LogP contribution is -2.43. The van der Waals surface area contributed by atoms with Crippen molar-refractivity contribution in [2.75, 3.05) is 39.3 Å². The van der Waals surface area contributed by atoms with Gasteiger partial charge in [-0.05, 0) is 18.6 Å². The minimum Gasteiger partial charge on any atom is -0.493 e. The molecular formula is C13H19FN2O. The summed E-state index contributed by atoms with van der Waals surface area (Å²) in [6.07, 6.45) is 0.983. The summed E-state index contributed by atoms with van der Waals surface area (Å²) in [6, 6.07) is 6.30. The Morgan fingerprint density at radius 1 is 1.29 bits per heavy atom. The maximum atomic E-state index is 12.9. The molecule has 2 rings (SSSR count). The molecule has 1 heterocycles. The zero-order valence-corrected chi connectivity index (χ0v) is 9.99. The Hall–Kier alpha value is -1.13. The Kier molecular flexibility index (Phi) is 4.76. The summed E-state index contributed by atoms with van der Waals surface area (Å²) < 4.78 is 18.4. The predicted molar refractivity (Wildman–Crippen MR) is 65.8 cm³/mol. The molecule has 0 bridgehead atoms. The van der Waals surface area contributed by atoms with Gasteiger partial charge >= 0.3 is 0 Å². The van der Waals surface area contributed by atoms with Crippen molar-refractivity contribution < 1.29 is 9.13 Å². The quantitative estimate of drug-likeness (QED) is 0.787. The molecule has 1 fully saturated rings. The van der Waals surface area contributed by atoms with Crippen LogP contribution in [0.5, 0.6) is 5.75 Å². The van der Waals surface area contributed by atoms with E-state index in [1.54, 1.807) is 12.1 Å². The van der Waals surface area contributed by atoms with E-state index in [-0.39, 0.29) is 5.82 Å². The Morgan fingerprint density at radius 3 is 2.88 bits per heavy atom. The van der Waals surface area contributed by atoms with Crippen molar-refractivity contribution >= 4 is 0 Å². The van der Waals surface area contributed by atoms with Crippen LogP contribution in [0, 0.1) is 5.82 Å². The highest BCUT2D eigenvalue weighted by molar-refractivity contribution is 5.22. The lowest BCUT2D eigenvalue weighted by atomic mass is 10.3. The van der Waals surface area contributed by atoms with Gasteiger partial charge in [0.05, 0.1) is 6.61 Å². The van der Waals surface area contributed by atoms with Crippen LogP contribution in [0.25, 0.3) is 0 Å². The first-order valence-electron chi connectivity index (χ1n) is 6.16. The highest BCUT2D eigenvalue weighted by Gasteiger charge is 2.08. The maximum absolute atomic E-state index is 12.9. The van der Waals surface area contributed by atoms with Gasteiger partial charge in [0.25, 0.3) is 0 Å². The second-order valence-electron chi connectivity index (χ2n) is 4.25. The average Bonchev–Trinajstić information content (AvgIpc) is 2.36. The summed E-state index contributed by atoms with van der Waals surface area (Å²) in [4.78, 5) is 2.42. The van der Waals surface area contributed by atoms with Crippen LogP contribution in [0.1, 0.15) is 6.42 Å². The number of nitrogens with one attached hydrogen (secondary N) is 1. The summed E-state index contributed by atoms with van der Waals surface area (Å²) >= 11 is 0. The van der Waals surface area contributed by atoms with Crippen LogP contribution in [0.2, 0.25) is 0 Å². The van der Waals surface area contributed by atoms with Gasteiger partial charge in [-0.1, -0.05) is 6.07 Å². The third kappa shape index (κ3) is 4.32. The van der Waals surface area contributed by atoms with Crippen LogP contribution in [-0.2, 0) is 0 Å². The van der Waals surface area contributed by atoms with Gasteiger partial charge in [-0.2, -0.15) is 0 Å². The van der Waals surface area contributed by atoms with E-state index in [1.807, 2.05) is 0 Å². The van der Waals surface area contributed by atoms with E-state index in [1.165, 1.54) is 12.1 Å². The number of hydrogen-bond donors (Lipinski definition) is 1. The number of hydrogen-bond acceptors (Lipinski definition) is 3. The molecule has 1 N–H and O–H groups in total. The van der Waals surface area contributed by atoms with E-state index in [4.69, 9.17) is 4.74 Å². The molecule has 0 saturated carbocycles. The first-order chi connectivity index (χ1) is 8.34. The molecule has 0 aromatic heterocycles. The van der Waals surface area contributed by atoms with Gasteiger partial charge in [0.2, 0.25) is 0 Å². The first-order valence-corrected chi connectivity index (χ1v) is 6.16. The molecule has 0 aliphatic carbocycles. The lowest BCUT2D eigenvalue weighted by Gasteiger charge is -2.26. The smallest absolute Gasteiger partial charge is 0.126 e. The van der Waals surface area contributed by atoms with Gasteiger partial charge in [-0.15, -0.1) is 0 Å². The second kappa shape index (κ2) is 6.57. The highest BCUT2D eigenvalue weighted by Crippen LogP contribution is 2.12. The molecule has 0 amide bonds. The maximum Gasteiger partial charge on any atom is 0.126 e. The highest BCUT2D eigenvalue weighted by atomic mass is 19.1. The fourth-order valence-electron chi connectivity index (χ4n) is 1.97. The second-order valence-corrected chi connectivity index (χ2v) is 4.25. The fourth-order valence-corrected chi connectivity index (χ4v) is 1.97. The zero-order valence-electron chi connectivity index (χ0n) is 9.99. The summed E-state index contributed by atoms with van der Waals surface area (Å²) in [5, 5.41) is 3.32. The average molecular weight is 238 g/mol. The normalized spacial score (nSPS) is 17.0. The summed E-state index contributed by atoms with van der Waals surface area (Å²) in [7, 11) is 0. The molecule has 1 aliphatic rings. The van der Waals surface area contributed by atoms with E-state index >= 15 is 0 Å². The molecule has 94 valence electrons.